The van der Waals surface area contributed by atoms with Crippen LogP contribution in [0.3, 0.4) is 0 Å². The van der Waals surface area contributed by atoms with Crippen LogP contribution >= 0.6 is 12.4 Å². The molecule has 2 aromatic carbocycles. The van der Waals surface area contributed by atoms with Gasteiger partial charge in [0.1, 0.15) is 11.3 Å². The highest BCUT2D eigenvalue weighted by Crippen LogP contribution is 2.27. The van der Waals surface area contributed by atoms with E-state index in [4.69, 9.17) is 4.42 Å². The number of hydrogen-bond donors (Lipinski definition) is 4. The molecule has 1 fully saturated rings. The largest absolute Gasteiger partial charge is 0.508 e. The molecule has 4 N–H and O–H groups in total. The number of nitrogens with zero attached hydrogens (tertiary/aromatic N) is 3. The smallest absolute Gasteiger partial charge is 0.289 e. The summed E-state index contributed by atoms with van der Waals surface area (Å²) >= 11 is 0. The molecule has 0 atom stereocenters. The van der Waals surface area contributed by atoms with Crippen LogP contribution in [0.5, 0.6) is 5.75 Å². The topological polar surface area (TPSA) is 116 Å². The maximum absolute atomic E-state index is 14.2. The van der Waals surface area contributed by atoms with E-state index in [9.17, 15) is 14.3 Å². The summed E-state index contributed by atoms with van der Waals surface area (Å²) in [5.41, 5.74) is 1.73. The summed E-state index contributed by atoms with van der Waals surface area (Å²) in [5, 5.41) is 19.4. The predicted molar refractivity (Wildman–Crippen MR) is 129 cm³/mol. The Bertz CT molecular complexity index is 1330. The van der Waals surface area contributed by atoms with Gasteiger partial charge in [0.05, 0.1) is 6.20 Å². The number of carbonyl (C=O) groups is 1. The van der Waals surface area contributed by atoms with Gasteiger partial charge in [0.2, 0.25) is 5.95 Å². The van der Waals surface area contributed by atoms with Gasteiger partial charge in [-0.2, -0.15) is 4.98 Å². The number of nitrogens with one attached hydrogen (secondary N) is 3. The van der Waals surface area contributed by atoms with Gasteiger partial charge in [0.25, 0.3) is 5.91 Å². The fourth-order valence-corrected chi connectivity index (χ4v) is 3.61. The molecule has 3 heterocycles. The molecule has 2 aromatic heterocycles. The lowest BCUT2D eigenvalue weighted by Crippen LogP contribution is -2.46. The Morgan fingerprint density at radius 3 is 2.68 bits per heavy atom. The first-order valence-corrected chi connectivity index (χ1v) is 10.4. The van der Waals surface area contributed by atoms with Crippen LogP contribution in [0.4, 0.5) is 27.5 Å². The number of rotatable bonds is 5. The van der Waals surface area contributed by atoms with Crippen LogP contribution in [0.25, 0.3) is 11.0 Å². The number of piperazine rings is 1. The molecular formula is C23H22ClFN6O3. The van der Waals surface area contributed by atoms with Gasteiger partial charge in [-0.1, -0.05) is 6.07 Å². The molecule has 1 aliphatic rings. The van der Waals surface area contributed by atoms with Gasteiger partial charge in [0, 0.05) is 49.0 Å². The lowest BCUT2D eigenvalue weighted by atomic mass is 10.2. The van der Waals surface area contributed by atoms with Crippen LogP contribution in [-0.4, -0.2) is 52.1 Å². The van der Waals surface area contributed by atoms with Crippen molar-refractivity contribution in [3.63, 3.8) is 0 Å². The molecule has 1 aliphatic heterocycles. The molecule has 0 saturated carbocycles. The summed E-state index contributed by atoms with van der Waals surface area (Å²) in [7, 11) is 0. The van der Waals surface area contributed by atoms with E-state index in [0.29, 0.717) is 35.8 Å². The Balaban J connectivity index is 0.00000274. The molecule has 0 bridgehead atoms. The summed E-state index contributed by atoms with van der Waals surface area (Å²) in [4.78, 5) is 22.6. The van der Waals surface area contributed by atoms with Crippen molar-refractivity contribution in [1.29, 1.82) is 0 Å². The number of amides is 1. The summed E-state index contributed by atoms with van der Waals surface area (Å²) in [6, 6.07) is 13.3. The zero-order valence-electron chi connectivity index (χ0n) is 17.9. The van der Waals surface area contributed by atoms with Crippen molar-refractivity contribution >= 4 is 52.4 Å². The van der Waals surface area contributed by atoms with Crippen molar-refractivity contribution in [1.82, 2.24) is 20.2 Å². The van der Waals surface area contributed by atoms with Gasteiger partial charge in [0.15, 0.2) is 17.4 Å². The van der Waals surface area contributed by atoms with E-state index in [1.807, 2.05) is 6.07 Å². The number of aromatic nitrogens is 2. The monoisotopic (exact) mass is 484 g/mol. The Morgan fingerprint density at radius 1 is 1.09 bits per heavy atom. The molecule has 1 saturated heterocycles. The molecule has 0 spiro atoms. The van der Waals surface area contributed by atoms with Crippen LogP contribution in [0.2, 0.25) is 0 Å². The molecule has 34 heavy (non-hydrogen) atoms. The van der Waals surface area contributed by atoms with Crippen molar-refractivity contribution in [3.05, 3.63) is 66.3 Å². The number of phenolic OH excluding ortho intramolecular Hbond substituents is 1. The molecule has 4 aromatic rings. The zero-order valence-corrected chi connectivity index (χ0v) is 18.7. The first-order chi connectivity index (χ1) is 16.0. The van der Waals surface area contributed by atoms with Gasteiger partial charge >= 0.3 is 0 Å². The molecule has 176 valence electrons. The van der Waals surface area contributed by atoms with Crippen molar-refractivity contribution in [2.24, 2.45) is 0 Å². The molecule has 0 unspecified atom stereocenters. The maximum atomic E-state index is 14.2. The third kappa shape index (κ3) is 5.03. The second-order valence-corrected chi connectivity index (χ2v) is 7.60. The lowest BCUT2D eigenvalue weighted by Gasteiger charge is -2.26. The highest BCUT2D eigenvalue weighted by atomic mass is 35.5. The van der Waals surface area contributed by atoms with E-state index in [1.165, 1.54) is 12.1 Å². The number of carbonyl (C=O) groups excluding carboxylic acids is 1. The SMILES string of the molecule is Cl.O=C(c1cc2cc(Nc3ncc(F)c(Nc4cccc(O)c4)n3)ccc2o1)N1CCNCC1. The minimum Gasteiger partial charge on any atom is -0.508 e. The standard InChI is InChI=1S/C23H21FN6O3.ClH/c24-18-13-26-23(29-21(18)27-15-2-1-3-17(31)12-15)28-16-4-5-19-14(10-16)11-20(33-19)22(32)30-8-6-25-7-9-30;/h1-5,10-13,25,31H,6-9H2,(H2,26,27,28,29);1H. The quantitative estimate of drug-likeness (QED) is 0.336. The number of furan rings is 1. The Kier molecular flexibility index (Phi) is 6.80. The summed E-state index contributed by atoms with van der Waals surface area (Å²) < 4.78 is 20.0. The second kappa shape index (κ2) is 9.94. The van der Waals surface area contributed by atoms with E-state index in [2.05, 4.69) is 25.9 Å². The summed E-state index contributed by atoms with van der Waals surface area (Å²) in [5.74, 6) is -0.280. The van der Waals surface area contributed by atoms with Crippen molar-refractivity contribution in [2.75, 3.05) is 36.8 Å². The van der Waals surface area contributed by atoms with Crippen LogP contribution in [0.15, 0.2) is 59.1 Å². The Hall–Kier alpha value is -3.89. The molecule has 1 amide bonds. The van der Waals surface area contributed by atoms with Crippen LogP contribution < -0.4 is 16.0 Å². The molecule has 9 nitrogen and oxygen atoms in total. The minimum atomic E-state index is -0.634. The normalized spacial score (nSPS) is 13.4. The highest BCUT2D eigenvalue weighted by molar-refractivity contribution is 5.97. The number of fused-ring (bicyclic) bond motifs is 1. The zero-order chi connectivity index (χ0) is 22.8. The number of phenols is 1. The number of aromatic hydroxyl groups is 1. The predicted octanol–water partition coefficient (Wildman–Crippen LogP) is 4.02. The lowest BCUT2D eigenvalue weighted by molar-refractivity contribution is 0.0706. The Labute approximate surface area is 200 Å². The molecule has 11 heteroatoms. The van der Waals surface area contributed by atoms with Crippen molar-refractivity contribution < 1.29 is 18.7 Å². The number of benzene rings is 2. The van der Waals surface area contributed by atoms with Crippen molar-refractivity contribution in [2.45, 2.75) is 0 Å². The fraction of sp³-hybridized carbons (Fsp3) is 0.174. The van der Waals surface area contributed by atoms with Gasteiger partial charge in [-0.05, 0) is 36.4 Å². The van der Waals surface area contributed by atoms with E-state index in [-0.39, 0.29) is 35.8 Å². The van der Waals surface area contributed by atoms with Gasteiger partial charge in [-0.15, -0.1) is 12.4 Å². The minimum absolute atomic E-state index is 0. The third-order valence-corrected chi connectivity index (χ3v) is 5.24. The second-order valence-electron chi connectivity index (χ2n) is 7.60. The van der Waals surface area contributed by atoms with Crippen molar-refractivity contribution in [3.8, 4) is 5.75 Å². The number of halogens is 2. The highest BCUT2D eigenvalue weighted by Gasteiger charge is 2.21. The third-order valence-electron chi connectivity index (χ3n) is 5.24. The summed E-state index contributed by atoms with van der Waals surface area (Å²) in [6.45, 7) is 2.81. The van der Waals surface area contributed by atoms with E-state index >= 15 is 0 Å². The molecule has 5 rings (SSSR count). The Morgan fingerprint density at radius 2 is 1.88 bits per heavy atom. The van der Waals surface area contributed by atoms with Crippen LogP contribution in [0.1, 0.15) is 10.6 Å². The number of hydrogen-bond acceptors (Lipinski definition) is 8. The van der Waals surface area contributed by atoms with Crippen LogP contribution in [0, 0.1) is 5.82 Å². The van der Waals surface area contributed by atoms with E-state index < -0.39 is 5.82 Å². The average Bonchev–Trinajstić information content (AvgIpc) is 3.25. The molecular weight excluding hydrogens is 463 g/mol. The molecule has 0 radical (unpaired) electrons. The van der Waals surface area contributed by atoms with Gasteiger partial charge < -0.3 is 30.4 Å². The number of anilines is 4. The van der Waals surface area contributed by atoms with Gasteiger partial charge in [-0.25, -0.2) is 9.37 Å². The first kappa shape index (κ1) is 23.3. The van der Waals surface area contributed by atoms with Crippen LogP contribution in [-0.2, 0) is 0 Å². The average molecular weight is 485 g/mol. The fourth-order valence-electron chi connectivity index (χ4n) is 3.61. The first-order valence-electron chi connectivity index (χ1n) is 10.4. The van der Waals surface area contributed by atoms with E-state index in [1.54, 1.807) is 35.2 Å². The molecule has 0 aliphatic carbocycles. The summed E-state index contributed by atoms with van der Waals surface area (Å²) in [6.07, 6.45) is 1.06. The van der Waals surface area contributed by atoms with Gasteiger partial charge in [-0.3, -0.25) is 4.79 Å². The maximum Gasteiger partial charge on any atom is 0.289 e. The van der Waals surface area contributed by atoms with E-state index in [0.717, 1.165) is 24.7 Å².